The quantitative estimate of drug-likeness (QED) is 0.400. The van der Waals surface area contributed by atoms with Gasteiger partial charge in [-0.2, -0.15) is 0 Å². The minimum absolute atomic E-state index is 0.0214. The summed E-state index contributed by atoms with van der Waals surface area (Å²) >= 11 is 5.98. The van der Waals surface area contributed by atoms with E-state index >= 15 is 0 Å². The van der Waals surface area contributed by atoms with Gasteiger partial charge >= 0.3 is 0 Å². The maximum absolute atomic E-state index is 13.7. The van der Waals surface area contributed by atoms with Crippen molar-refractivity contribution in [3.05, 3.63) is 77.2 Å². The zero-order valence-electron chi connectivity index (χ0n) is 17.8. The SMILES string of the molecule is OCC1OC(c2nncn2-c2ccc(Cl)cc2)CC(n2cc(-c3cc(F)c(F)c(F)c3)nn2)C1O. The maximum atomic E-state index is 13.7. The Kier molecular flexibility index (Phi) is 6.28. The molecule has 2 aromatic heterocycles. The van der Waals surface area contributed by atoms with Gasteiger partial charge in [-0.15, -0.1) is 15.3 Å². The highest BCUT2D eigenvalue weighted by Gasteiger charge is 2.41. The summed E-state index contributed by atoms with van der Waals surface area (Å²) in [5, 5.41) is 37.3. The molecule has 13 heteroatoms. The van der Waals surface area contributed by atoms with Crippen molar-refractivity contribution in [1.29, 1.82) is 0 Å². The maximum Gasteiger partial charge on any atom is 0.194 e. The van der Waals surface area contributed by atoms with Crippen LogP contribution < -0.4 is 0 Å². The molecule has 5 rings (SSSR count). The summed E-state index contributed by atoms with van der Waals surface area (Å²) in [6.45, 7) is -0.487. The largest absolute Gasteiger partial charge is 0.394 e. The summed E-state index contributed by atoms with van der Waals surface area (Å²) in [6, 6.07) is 7.85. The Morgan fingerprint density at radius 3 is 2.49 bits per heavy atom. The number of nitrogens with zero attached hydrogens (tertiary/aromatic N) is 6. The number of rotatable bonds is 5. The molecule has 1 aliphatic heterocycles. The van der Waals surface area contributed by atoms with Gasteiger partial charge < -0.3 is 14.9 Å². The van der Waals surface area contributed by atoms with Gasteiger partial charge in [-0.25, -0.2) is 17.9 Å². The smallest absolute Gasteiger partial charge is 0.194 e. The fourth-order valence-corrected chi connectivity index (χ4v) is 4.20. The van der Waals surface area contributed by atoms with Crippen molar-refractivity contribution in [3.8, 4) is 16.9 Å². The van der Waals surface area contributed by atoms with E-state index in [0.717, 1.165) is 17.8 Å². The van der Waals surface area contributed by atoms with Gasteiger partial charge in [0.25, 0.3) is 0 Å². The average Bonchev–Trinajstić information content (AvgIpc) is 3.53. The van der Waals surface area contributed by atoms with Crippen LogP contribution in [0, 0.1) is 17.5 Å². The number of benzene rings is 2. The normalized spacial score (nSPS) is 22.5. The van der Waals surface area contributed by atoms with E-state index < -0.39 is 48.4 Å². The third kappa shape index (κ3) is 4.41. The number of hydrogen-bond donors (Lipinski definition) is 2. The van der Waals surface area contributed by atoms with Crippen LogP contribution in [-0.4, -0.2) is 58.8 Å². The van der Waals surface area contributed by atoms with E-state index in [1.165, 1.54) is 17.2 Å². The molecule has 4 aromatic rings. The zero-order chi connectivity index (χ0) is 24.7. The molecule has 0 aliphatic carbocycles. The molecule has 0 spiro atoms. The van der Waals surface area contributed by atoms with E-state index in [2.05, 4.69) is 20.5 Å². The number of halogens is 4. The molecule has 1 aliphatic rings. The predicted octanol–water partition coefficient (Wildman–Crippen LogP) is 3.02. The molecule has 35 heavy (non-hydrogen) atoms. The third-order valence-electron chi connectivity index (χ3n) is 5.85. The van der Waals surface area contributed by atoms with Gasteiger partial charge in [0, 0.05) is 22.7 Å². The lowest BCUT2D eigenvalue weighted by Gasteiger charge is -2.38. The van der Waals surface area contributed by atoms with Crippen molar-refractivity contribution in [2.24, 2.45) is 0 Å². The van der Waals surface area contributed by atoms with Crippen LogP contribution in [0.25, 0.3) is 16.9 Å². The Bertz CT molecular complexity index is 1330. The lowest BCUT2D eigenvalue weighted by Crippen LogP contribution is -2.45. The first-order valence-electron chi connectivity index (χ1n) is 10.5. The van der Waals surface area contributed by atoms with Gasteiger partial charge in [-0.05, 0) is 36.4 Å². The second-order valence-corrected chi connectivity index (χ2v) is 8.45. The minimum Gasteiger partial charge on any atom is -0.394 e. The molecule has 2 N–H and O–H groups in total. The van der Waals surface area contributed by atoms with Gasteiger partial charge in [0.1, 0.15) is 30.3 Å². The van der Waals surface area contributed by atoms with E-state index in [9.17, 15) is 23.4 Å². The Hall–Kier alpha value is -3.32. The van der Waals surface area contributed by atoms with Crippen molar-refractivity contribution in [2.45, 2.75) is 30.8 Å². The summed E-state index contributed by atoms with van der Waals surface area (Å²) < 4.78 is 49.6. The predicted molar refractivity (Wildman–Crippen MR) is 116 cm³/mol. The topological polar surface area (TPSA) is 111 Å². The number of hydrogen-bond acceptors (Lipinski definition) is 7. The second-order valence-electron chi connectivity index (χ2n) is 8.01. The van der Waals surface area contributed by atoms with E-state index in [-0.39, 0.29) is 17.7 Å². The second kappa shape index (κ2) is 9.38. The average molecular weight is 507 g/mol. The van der Waals surface area contributed by atoms with Crippen LogP contribution in [0.5, 0.6) is 0 Å². The molecule has 1 fully saturated rings. The Labute approximate surface area is 201 Å². The first-order chi connectivity index (χ1) is 16.9. The molecule has 4 atom stereocenters. The molecule has 9 nitrogen and oxygen atoms in total. The fraction of sp³-hybridized carbons (Fsp3) is 0.273. The number of ether oxygens (including phenoxy) is 1. The van der Waals surface area contributed by atoms with Gasteiger partial charge in [0.05, 0.1) is 18.8 Å². The van der Waals surface area contributed by atoms with Crippen LogP contribution in [0.2, 0.25) is 5.02 Å². The molecule has 0 radical (unpaired) electrons. The van der Waals surface area contributed by atoms with Gasteiger partial charge in [0.15, 0.2) is 23.3 Å². The van der Waals surface area contributed by atoms with Crippen molar-refractivity contribution in [2.75, 3.05) is 6.61 Å². The standard InChI is InChI=1S/C22H18ClF3N6O3/c23-12-1-3-13(4-2-12)31-10-27-29-22(31)18-7-17(21(34)19(9-33)35-18)32-8-16(28-30-32)11-5-14(24)20(26)15(25)6-11/h1-6,8,10,17-19,21,33-34H,7,9H2. The summed E-state index contributed by atoms with van der Waals surface area (Å²) in [5.41, 5.74) is 0.777. The van der Waals surface area contributed by atoms with Crippen molar-refractivity contribution < 1.29 is 28.1 Å². The number of aliphatic hydroxyl groups is 2. The fourth-order valence-electron chi connectivity index (χ4n) is 4.07. The molecule has 0 bridgehead atoms. The van der Waals surface area contributed by atoms with Crippen LogP contribution in [0.4, 0.5) is 13.2 Å². The van der Waals surface area contributed by atoms with Crippen LogP contribution in [0.3, 0.4) is 0 Å². The van der Waals surface area contributed by atoms with E-state index in [1.807, 2.05) is 0 Å². The first kappa shape index (κ1) is 23.4. The summed E-state index contributed by atoms with van der Waals surface area (Å²) in [4.78, 5) is 0. The molecule has 1 saturated heterocycles. The number of aromatic nitrogens is 6. The molecule has 3 heterocycles. The Morgan fingerprint density at radius 2 is 1.80 bits per heavy atom. The number of aliphatic hydroxyl groups excluding tert-OH is 2. The van der Waals surface area contributed by atoms with Crippen LogP contribution in [0.1, 0.15) is 24.4 Å². The molecule has 4 unspecified atom stereocenters. The summed E-state index contributed by atoms with van der Waals surface area (Å²) in [5.74, 6) is -3.88. The molecular weight excluding hydrogens is 489 g/mol. The van der Waals surface area contributed by atoms with Gasteiger partial charge in [-0.3, -0.25) is 4.57 Å². The van der Waals surface area contributed by atoms with Crippen LogP contribution >= 0.6 is 11.6 Å². The van der Waals surface area contributed by atoms with E-state index in [1.54, 1.807) is 28.8 Å². The van der Waals surface area contributed by atoms with Crippen molar-refractivity contribution >= 4 is 11.6 Å². The first-order valence-corrected chi connectivity index (χ1v) is 10.9. The lowest BCUT2D eigenvalue weighted by atomic mass is 9.95. The Balaban J connectivity index is 1.46. The Morgan fingerprint density at radius 1 is 1.09 bits per heavy atom. The van der Waals surface area contributed by atoms with E-state index in [0.29, 0.717) is 10.8 Å². The van der Waals surface area contributed by atoms with Crippen molar-refractivity contribution in [3.63, 3.8) is 0 Å². The van der Waals surface area contributed by atoms with Crippen LogP contribution in [-0.2, 0) is 4.74 Å². The van der Waals surface area contributed by atoms with Crippen molar-refractivity contribution in [1.82, 2.24) is 29.8 Å². The summed E-state index contributed by atoms with van der Waals surface area (Å²) in [7, 11) is 0. The zero-order valence-corrected chi connectivity index (χ0v) is 18.6. The minimum atomic E-state index is -1.58. The lowest BCUT2D eigenvalue weighted by molar-refractivity contribution is -0.161. The highest BCUT2D eigenvalue weighted by atomic mass is 35.5. The molecule has 0 saturated carbocycles. The van der Waals surface area contributed by atoms with Crippen LogP contribution in [0.15, 0.2) is 48.9 Å². The molecule has 182 valence electrons. The van der Waals surface area contributed by atoms with Gasteiger partial charge in [-0.1, -0.05) is 16.8 Å². The van der Waals surface area contributed by atoms with Gasteiger partial charge in [0.2, 0.25) is 0 Å². The highest BCUT2D eigenvalue weighted by Crippen LogP contribution is 2.38. The summed E-state index contributed by atoms with van der Waals surface area (Å²) in [6.07, 6.45) is 0.176. The van der Waals surface area contributed by atoms with E-state index in [4.69, 9.17) is 16.3 Å². The molecule has 2 aromatic carbocycles. The third-order valence-corrected chi connectivity index (χ3v) is 6.10. The highest BCUT2D eigenvalue weighted by molar-refractivity contribution is 6.30. The monoisotopic (exact) mass is 506 g/mol. The molecular formula is C22H18ClF3N6O3. The molecule has 0 amide bonds.